The molecular formula is C19H31ClN2O. The molecule has 4 heteroatoms. The van der Waals surface area contributed by atoms with Crippen molar-refractivity contribution >= 4 is 18.1 Å². The zero-order chi connectivity index (χ0) is 15.4. The van der Waals surface area contributed by atoms with E-state index >= 15 is 0 Å². The third-order valence-electron chi connectivity index (χ3n) is 5.30. The molecule has 23 heavy (non-hydrogen) atoms. The molecule has 0 spiro atoms. The zero-order valence-electron chi connectivity index (χ0n) is 14.2. The Morgan fingerprint density at radius 3 is 2.61 bits per heavy atom. The molecule has 2 fully saturated rings. The number of rotatable bonds is 5. The number of halogens is 1. The van der Waals surface area contributed by atoms with Crippen LogP contribution in [0.15, 0.2) is 24.3 Å². The van der Waals surface area contributed by atoms with Crippen LogP contribution in [0.2, 0.25) is 0 Å². The molecule has 1 saturated carbocycles. The summed E-state index contributed by atoms with van der Waals surface area (Å²) >= 11 is 0. The third-order valence-corrected chi connectivity index (χ3v) is 5.30. The van der Waals surface area contributed by atoms with Gasteiger partial charge in [0.25, 0.3) is 0 Å². The van der Waals surface area contributed by atoms with Crippen LogP contribution in [-0.2, 0) is 11.3 Å². The highest BCUT2D eigenvalue weighted by Gasteiger charge is 2.27. The molecule has 0 aromatic heterocycles. The van der Waals surface area contributed by atoms with Gasteiger partial charge >= 0.3 is 0 Å². The molecule has 2 aliphatic rings. The Morgan fingerprint density at radius 2 is 1.96 bits per heavy atom. The quantitative estimate of drug-likeness (QED) is 0.816. The monoisotopic (exact) mass is 338 g/mol. The molecule has 2 N–H and O–H groups in total. The number of ether oxygens (including phenoxy) is 1. The zero-order valence-corrected chi connectivity index (χ0v) is 15.1. The van der Waals surface area contributed by atoms with Crippen LogP contribution in [0.25, 0.3) is 0 Å². The molecule has 1 unspecified atom stereocenters. The summed E-state index contributed by atoms with van der Waals surface area (Å²) in [5.74, 6) is 0.896. The van der Waals surface area contributed by atoms with E-state index in [2.05, 4.69) is 30.0 Å². The van der Waals surface area contributed by atoms with Gasteiger partial charge in [-0.15, -0.1) is 12.4 Å². The minimum Gasteiger partial charge on any atom is -0.399 e. The van der Waals surface area contributed by atoms with Gasteiger partial charge in [0.1, 0.15) is 0 Å². The second-order valence-electron chi connectivity index (χ2n) is 7.22. The molecule has 1 aromatic carbocycles. The normalized spacial score (nSPS) is 27.8. The Labute approximate surface area is 147 Å². The highest BCUT2D eigenvalue weighted by Crippen LogP contribution is 2.29. The summed E-state index contributed by atoms with van der Waals surface area (Å²) in [5.41, 5.74) is 8.15. The van der Waals surface area contributed by atoms with Crippen molar-refractivity contribution in [1.29, 1.82) is 0 Å². The average Bonchev–Trinajstić information content (AvgIpc) is 3.00. The second-order valence-corrected chi connectivity index (χ2v) is 7.22. The van der Waals surface area contributed by atoms with Gasteiger partial charge < -0.3 is 10.5 Å². The van der Waals surface area contributed by atoms with Crippen molar-refractivity contribution in [3.8, 4) is 0 Å². The molecule has 1 aliphatic carbocycles. The molecule has 1 aliphatic heterocycles. The van der Waals surface area contributed by atoms with Crippen LogP contribution >= 0.6 is 12.4 Å². The van der Waals surface area contributed by atoms with E-state index in [1.165, 1.54) is 44.1 Å². The SMILES string of the molecule is CC1CCC(N(Cc2cccc(N)c2)CC2CCCO2)CC1.Cl. The van der Waals surface area contributed by atoms with Crippen molar-refractivity contribution in [1.82, 2.24) is 4.90 Å². The van der Waals surface area contributed by atoms with Crippen LogP contribution in [-0.4, -0.2) is 30.2 Å². The number of hydrogen-bond donors (Lipinski definition) is 1. The number of hydrogen-bond acceptors (Lipinski definition) is 3. The Hall–Kier alpha value is -0.770. The van der Waals surface area contributed by atoms with Gasteiger partial charge in [0.05, 0.1) is 6.10 Å². The number of benzene rings is 1. The third kappa shape index (κ3) is 5.37. The summed E-state index contributed by atoms with van der Waals surface area (Å²) in [4.78, 5) is 2.66. The van der Waals surface area contributed by atoms with E-state index in [1.54, 1.807) is 0 Å². The largest absolute Gasteiger partial charge is 0.399 e. The highest BCUT2D eigenvalue weighted by molar-refractivity contribution is 5.85. The van der Waals surface area contributed by atoms with E-state index in [-0.39, 0.29) is 12.4 Å². The van der Waals surface area contributed by atoms with Gasteiger partial charge in [0.15, 0.2) is 0 Å². The van der Waals surface area contributed by atoms with Crippen molar-refractivity contribution < 1.29 is 4.74 Å². The van der Waals surface area contributed by atoms with Crippen LogP contribution in [0.1, 0.15) is 51.0 Å². The minimum absolute atomic E-state index is 0. The smallest absolute Gasteiger partial charge is 0.0703 e. The van der Waals surface area contributed by atoms with Gasteiger partial charge in [-0.2, -0.15) is 0 Å². The predicted octanol–water partition coefficient (Wildman–Crippen LogP) is 4.25. The fraction of sp³-hybridized carbons (Fsp3) is 0.684. The Balaban J connectivity index is 0.00000192. The summed E-state index contributed by atoms with van der Waals surface area (Å²) in [6.45, 7) is 5.41. The highest BCUT2D eigenvalue weighted by atomic mass is 35.5. The first-order chi connectivity index (χ1) is 10.7. The first-order valence-electron chi connectivity index (χ1n) is 8.91. The number of nitrogens with zero attached hydrogens (tertiary/aromatic N) is 1. The molecule has 1 atom stereocenters. The fourth-order valence-corrected chi connectivity index (χ4v) is 3.93. The number of nitrogen functional groups attached to an aromatic ring is 1. The molecular weight excluding hydrogens is 308 g/mol. The molecule has 0 amide bonds. The Morgan fingerprint density at radius 1 is 1.17 bits per heavy atom. The number of anilines is 1. The van der Waals surface area contributed by atoms with E-state index in [0.29, 0.717) is 12.1 Å². The van der Waals surface area contributed by atoms with Gasteiger partial charge in [-0.05, 0) is 62.1 Å². The summed E-state index contributed by atoms with van der Waals surface area (Å²) < 4.78 is 5.89. The topological polar surface area (TPSA) is 38.5 Å². The Kier molecular flexibility index (Phi) is 7.19. The molecule has 3 rings (SSSR count). The van der Waals surface area contributed by atoms with Crippen LogP contribution in [0.3, 0.4) is 0 Å². The summed E-state index contributed by atoms with van der Waals surface area (Å²) in [7, 11) is 0. The van der Waals surface area contributed by atoms with Crippen LogP contribution in [0, 0.1) is 5.92 Å². The van der Waals surface area contributed by atoms with Gasteiger partial charge in [-0.3, -0.25) is 4.90 Å². The molecule has 3 nitrogen and oxygen atoms in total. The second kappa shape index (κ2) is 8.91. The Bertz CT molecular complexity index is 468. The predicted molar refractivity (Wildman–Crippen MR) is 98.9 cm³/mol. The lowest BCUT2D eigenvalue weighted by Crippen LogP contribution is -2.41. The summed E-state index contributed by atoms with van der Waals surface area (Å²) in [6, 6.07) is 9.06. The molecule has 0 bridgehead atoms. The number of nitrogens with two attached hydrogens (primary N) is 1. The van der Waals surface area contributed by atoms with Crippen LogP contribution in [0.5, 0.6) is 0 Å². The van der Waals surface area contributed by atoms with Crippen LogP contribution < -0.4 is 5.73 Å². The summed E-state index contributed by atoms with van der Waals surface area (Å²) in [5, 5.41) is 0. The van der Waals surface area contributed by atoms with E-state index in [4.69, 9.17) is 10.5 Å². The maximum Gasteiger partial charge on any atom is 0.0703 e. The molecule has 130 valence electrons. The minimum atomic E-state index is 0. The van der Waals surface area contributed by atoms with Gasteiger partial charge in [-0.1, -0.05) is 19.1 Å². The standard InChI is InChI=1S/C19H30N2O.ClH/c1-15-7-9-18(10-8-15)21(14-19-6-3-11-22-19)13-16-4-2-5-17(20)12-16;/h2,4-5,12,15,18-19H,3,6-11,13-14,20H2,1H3;1H. The van der Waals surface area contributed by atoms with Gasteiger partial charge in [0, 0.05) is 31.4 Å². The lowest BCUT2D eigenvalue weighted by Gasteiger charge is -2.37. The molecule has 1 saturated heterocycles. The first-order valence-corrected chi connectivity index (χ1v) is 8.91. The van der Waals surface area contributed by atoms with Crippen molar-refractivity contribution in [3.63, 3.8) is 0 Å². The van der Waals surface area contributed by atoms with E-state index in [0.717, 1.165) is 31.3 Å². The van der Waals surface area contributed by atoms with Crippen LogP contribution in [0.4, 0.5) is 5.69 Å². The first kappa shape index (κ1) is 18.6. The lowest BCUT2D eigenvalue weighted by molar-refractivity contribution is 0.0410. The van der Waals surface area contributed by atoms with E-state index < -0.39 is 0 Å². The van der Waals surface area contributed by atoms with E-state index in [1.807, 2.05) is 6.07 Å². The maximum atomic E-state index is 5.95. The fourth-order valence-electron chi connectivity index (χ4n) is 3.93. The average molecular weight is 339 g/mol. The van der Waals surface area contributed by atoms with Crippen molar-refractivity contribution in [2.45, 2.75) is 64.1 Å². The molecule has 1 aromatic rings. The molecule has 1 heterocycles. The van der Waals surface area contributed by atoms with Crippen molar-refractivity contribution in [3.05, 3.63) is 29.8 Å². The maximum absolute atomic E-state index is 5.95. The van der Waals surface area contributed by atoms with Crippen molar-refractivity contribution in [2.75, 3.05) is 18.9 Å². The van der Waals surface area contributed by atoms with Crippen molar-refractivity contribution in [2.24, 2.45) is 5.92 Å². The summed E-state index contributed by atoms with van der Waals surface area (Å²) in [6.07, 6.45) is 8.26. The van der Waals surface area contributed by atoms with Gasteiger partial charge in [-0.25, -0.2) is 0 Å². The van der Waals surface area contributed by atoms with E-state index in [9.17, 15) is 0 Å². The van der Waals surface area contributed by atoms with Gasteiger partial charge in [0.2, 0.25) is 0 Å². The molecule has 0 radical (unpaired) electrons. The lowest BCUT2D eigenvalue weighted by atomic mass is 9.86.